The van der Waals surface area contributed by atoms with Gasteiger partial charge in [0.15, 0.2) is 0 Å². The van der Waals surface area contributed by atoms with E-state index in [-0.39, 0.29) is 12.0 Å². The number of aliphatic hydroxyl groups is 1. The van der Waals surface area contributed by atoms with E-state index in [2.05, 4.69) is 18.7 Å². The van der Waals surface area contributed by atoms with E-state index in [9.17, 15) is 9.90 Å². The number of hydrogen-bond donors (Lipinski definition) is 1. The van der Waals surface area contributed by atoms with Gasteiger partial charge in [0.05, 0.1) is 5.60 Å². The molecule has 1 saturated heterocycles. The zero-order valence-electron chi connectivity index (χ0n) is 15.0. The van der Waals surface area contributed by atoms with Crippen LogP contribution < -0.4 is 0 Å². The van der Waals surface area contributed by atoms with E-state index in [4.69, 9.17) is 4.74 Å². The standard InChI is InChI=1S/C20H29NO3/c1-5-11-20(23)12-13-21(18(22)24-19(2,3)4)15-17(20)14-16-9-7-6-8-10-16/h5-10,17,23H,1,11-15H2,2-4H3/t17-,20+/m0/s1. The molecule has 2 atom stereocenters. The van der Waals surface area contributed by atoms with Gasteiger partial charge in [-0.25, -0.2) is 4.79 Å². The minimum Gasteiger partial charge on any atom is -0.444 e. The molecule has 0 saturated carbocycles. The zero-order chi connectivity index (χ0) is 17.8. The Balaban J connectivity index is 2.14. The highest BCUT2D eigenvalue weighted by atomic mass is 16.6. The summed E-state index contributed by atoms with van der Waals surface area (Å²) in [7, 11) is 0. The lowest BCUT2D eigenvalue weighted by Crippen LogP contribution is -2.54. The average Bonchev–Trinajstić information content (AvgIpc) is 2.49. The molecule has 132 valence electrons. The van der Waals surface area contributed by atoms with Crippen LogP contribution in [0.1, 0.15) is 39.2 Å². The van der Waals surface area contributed by atoms with E-state index < -0.39 is 11.2 Å². The number of carbonyl (C=O) groups excluding carboxylic acids is 1. The van der Waals surface area contributed by atoms with Crippen molar-refractivity contribution in [2.45, 2.75) is 51.2 Å². The van der Waals surface area contributed by atoms with Crippen LogP contribution in [-0.4, -0.2) is 40.4 Å². The maximum atomic E-state index is 12.4. The third kappa shape index (κ3) is 4.84. The van der Waals surface area contributed by atoms with Crippen molar-refractivity contribution in [1.29, 1.82) is 0 Å². The van der Waals surface area contributed by atoms with Crippen LogP contribution in [-0.2, 0) is 11.2 Å². The monoisotopic (exact) mass is 331 g/mol. The van der Waals surface area contributed by atoms with Gasteiger partial charge in [-0.15, -0.1) is 6.58 Å². The summed E-state index contributed by atoms with van der Waals surface area (Å²) in [5.74, 6) is -0.0424. The van der Waals surface area contributed by atoms with Crippen LogP contribution in [0.2, 0.25) is 0 Å². The lowest BCUT2D eigenvalue weighted by atomic mass is 9.75. The summed E-state index contributed by atoms with van der Waals surface area (Å²) in [6.07, 6.45) is 3.26. The third-order valence-corrected chi connectivity index (χ3v) is 4.49. The lowest BCUT2D eigenvalue weighted by Gasteiger charge is -2.44. The van der Waals surface area contributed by atoms with Gasteiger partial charge in [-0.3, -0.25) is 0 Å². The minimum atomic E-state index is -0.823. The maximum absolute atomic E-state index is 12.4. The van der Waals surface area contributed by atoms with Crippen molar-refractivity contribution < 1.29 is 14.6 Å². The lowest BCUT2D eigenvalue weighted by molar-refractivity contribution is -0.0719. The van der Waals surface area contributed by atoms with Crippen molar-refractivity contribution in [2.24, 2.45) is 5.92 Å². The first-order chi connectivity index (χ1) is 11.2. The van der Waals surface area contributed by atoms with Gasteiger partial charge in [-0.2, -0.15) is 0 Å². The summed E-state index contributed by atoms with van der Waals surface area (Å²) >= 11 is 0. The van der Waals surface area contributed by atoms with E-state index >= 15 is 0 Å². The van der Waals surface area contributed by atoms with Crippen molar-refractivity contribution in [3.8, 4) is 0 Å². The predicted molar refractivity (Wildman–Crippen MR) is 95.8 cm³/mol. The van der Waals surface area contributed by atoms with Gasteiger partial charge in [0.1, 0.15) is 5.60 Å². The Hall–Kier alpha value is -1.81. The fourth-order valence-electron chi connectivity index (χ4n) is 3.22. The summed E-state index contributed by atoms with van der Waals surface area (Å²) in [4.78, 5) is 14.1. The number of amides is 1. The molecule has 1 aromatic carbocycles. The van der Waals surface area contributed by atoms with E-state index in [1.807, 2.05) is 39.0 Å². The summed E-state index contributed by atoms with van der Waals surface area (Å²) < 4.78 is 5.49. The van der Waals surface area contributed by atoms with Crippen molar-refractivity contribution in [2.75, 3.05) is 13.1 Å². The number of rotatable bonds is 4. The smallest absolute Gasteiger partial charge is 0.410 e. The molecule has 1 N–H and O–H groups in total. The van der Waals surface area contributed by atoms with Crippen LogP contribution in [0.5, 0.6) is 0 Å². The normalized spacial score (nSPS) is 24.5. The van der Waals surface area contributed by atoms with Crippen molar-refractivity contribution in [1.82, 2.24) is 4.90 Å². The second-order valence-corrected chi connectivity index (χ2v) is 7.66. The topological polar surface area (TPSA) is 49.8 Å². The number of likely N-dealkylation sites (tertiary alicyclic amines) is 1. The minimum absolute atomic E-state index is 0.0424. The number of piperidine rings is 1. The van der Waals surface area contributed by atoms with Gasteiger partial charge in [0.2, 0.25) is 0 Å². The summed E-state index contributed by atoms with van der Waals surface area (Å²) in [6, 6.07) is 10.1. The highest BCUT2D eigenvalue weighted by Crippen LogP contribution is 2.34. The maximum Gasteiger partial charge on any atom is 0.410 e. The molecule has 1 aliphatic heterocycles. The van der Waals surface area contributed by atoms with Gasteiger partial charge in [0.25, 0.3) is 0 Å². The zero-order valence-corrected chi connectivity index (χ0v) is 15.0. The molecule has 0 spiro atoms. The molecule has 0 unspecified atom stereocenters. The van der Waals surface area contributed by atoms with Crippen molar-refractivity contribution >= 4 is 6.09 Å². The van der Waals surface area contributed by atoms with Crippen molar-refractivity contribution in [3.05, 3.63) is 48.6 Å². The number of ether oxygens (including phenoxy) is 1. The molecule has 1 fully saturated rings. The van der Waals surface area contributed by atoms with Crippen LogP contribution in [0.3, 0.4) is 0 Å². The highest BCUT2D eigenvalue weighted by molar-refractivity contribution is 5.68. The predicted octanol–water partition coefficient (Wildman–Crippen LogP) is 3.79. The average molecular weight is 331 g/mol. The third-order valence-electron chi connectivity index (χ3n) is 4.49. The summed E-state index contributed by atoms with van der Waals surface area (Å²) in [6.45, 7) is 10.4. The van der Waals surface area contributed by atoms with E-state index in [0.29, 0.717) is 25.9 Å². The molecule has 1 aliphatic rings. The first-order valence-corrected chi connectivity index (χ1v) is 8.59. The van der Waals surface area contributed by atoms with E-state index in [1.54, 1.807) is 11.0 Å². The molecule has 0 radical (unpaired) electrons. The molecular formula is C20H29NO3. The Morgan fingerprint density at radius 1 is 1.42 bits per heavy atom. The Labute approximate surface area is 145 Å². The summed E-state index contributed by atoms with van der Waals surface area (Å²) in [5, 5.41) is 11.1. The summed E-state index contributed by atoms with van der Waals surface area (Å²) in [5.41, 5.74) is -0.173. The molecule has 4 heteroatoms. The van der Waals surface area contributed by atoms with Gasteiger partial charge in [0, 0.05) is 19.0 Å². The Kier molecular flexibility index (Phi) is 5.70. The Morgan fingerprint density at radius 3 is 2.67 bits per heavy atom. The first-order valence-electron chi connectivity index (χ1n) is 8.59. The molecule has 2 rings (SSSR count). The fraction of sp³-hybridized carbons (Fsp3) is 0.550. The Bertz CT molecular complexity index is 564. The Morgan fingerprint density at radius 2 is 2.08 bits per heavy atom. The van der Waals surface area contributed by atoms with Gasteiger partial charge < -0.3 is 14.7 Å². The molecule has 0 aromatic heterocycles. The fourth-order valence-corrected chi connectivity index (χ4v) is 3.22. The van der Waals surface area contributed by atoms with Gasteiger partial charge in [-0.05, 0) is 45.6 Å². The van der Waals surface area contributed by atoms with E-state index in [0.717, 1.165) is 12.0 Å². The van der Waals surface area contributed by atoms with Crippen LogP contribution in [0.25, 0.3) is 0 Å². The van der Waals surface area contributed by atoms with Gasteiger partial charge in [-0.1, -0.05) is 36.4 Å². The number of benzene rings is 1. The molecule has 1 aromatic rings. The molecular weight excluding hydrogens is 302 g/mol. The van der Waals surface area contributed by atoms with Crippen LogP contribution in [0, 0.1) is 5.92 Å². The number of carbonyl (C=O) groups is 1. The van der Waals surface area contributed by atoms with Crippen molar-refractivity contribution in [3.63, 3.8) is 0 Å². The molecule has 1 amide bonds. The van der Waals surface area contributed by atoms with Crippen LogP contribution in [0.15, 0.2) is 43.0 Å². The largest absolute Gasteiger partial charge is 0.444 e. The number of nitrogens with zero attached hydrogens (tertiary/aromatic N) is 1. The molecule has 0 aliphatic carbocycles. The van der Waals surface area contributed by atoms with Crippen LogP contribution in [0.4, 0.5) is 4.79 Å². The number of hydrogen-bond acceptors (Lipinski definition) is 3. The molecule has 0 bridgehead atoms. The SMILES string of the molecule is C=CC[C@@]1(O)CCN(C(=O)OC(C)(C)C)C[C@@H]1Cc1ccccc1. The quantitative estimate of drug-likeness (QED) is 0.854. The second kappa shape index (κ2) is 7.39. The first kappa shape index (κ1) is 18.5. The molecule has 1 heterocycles. The van der Waals surface area contributed by atoms with Gasteiger partial charge >= 0.3 is 6.09 Å². The molecule has 4 nitrogen and oxygen atoms in total. The van der Waals surface area contributed by atoms with E-state index in [1.165, 1.54) is 0 Å². The molecule has 24 heavy (non-hydrogen) atoms. The highest BCUT2D eigenvalue weighted by Gasteiger charge is 2.42. The second-order valence-electron chi connectivity index (χ2n) is 7.66. The van der Waals surface area contributed by atoms with Crippen LogP contribution >= 0.6 is 0 Å².